The van der Waals surface area contributed by atoms with Crippen LogP contribution in [-0.4, -0.2) is 45.7 Å². The number of rotatable bonds is 4. The van der Waals surface area contributed by atoms with E-state index in [-0.39, 0.29) is 5.54 Å². The zero-order valence-electron chi connectivity index (χ0n) is 10.6. The molecule has 0 amide bonds. The van der Waals surface area contributed by atoms with Crippen LogP contribution >= 0.6 is 0 Å². The number of hydrogen-bond donors (Lipinski definition) is 1. The Balaban J connectivity index is 1.98. The second-order valence-electron chi connectivity index (χ2n) is 5.57. The van der Waals surface area contributed by atoms with Gasteiger partial charge in [-0.3, -0.25) is 0 Å². The molecule has 0 aromatic rings. The summed E-state index contributed by atoms with van der Waals surface area (Å²) >= 11 is 0. The van der Waals surface area contributed by atoms with Crippen molar-refractivity contribution in [1.82, 2.24) is 5.32 Å². The molecule has 0 saturated carbocycles. The molecule has 2 aliphatic rings. The van der Waals surface area contributed by atoms with E-state index in [4.69, 9.17) is 4.74 Å². The first-order chi connectivity index (χ1) is 8.05. The van der Waals surface area contributed by atoms with Gasteiger partial charge < -0.3 is 10.1 Å². The van der Waals surface area contributed by atoms with Gasteiger partial charge in [-0.05, 0) is 44.6 Å². The molecule has 17 heavy (non-hydrogen) atoms. The minimum Gasteiger partial charge on any atom is -0.383 e. The van der Waals surface area contributed by atoms with Gasteiger partial charge in [0.05, 0.1) is 18.1 Å². The monoisotopic (exact) mass is 261 g/mol. The van der Waals surface area contributed by atoms with Crippen LogP contribution in [0.1, 0.15) is 32.1 Å². The standard InChI is InChI=1S/C12H23NO3S/c1-16-10-12(5-3-6-13-12)8-11-4-2-7-17(14,15)9-11/h11,13H,2-10H2,1H3. The van der Waals surface area contributed by atoms with Crippen molar-refractivity contribution < 1.29 is 13.2 Å². The summed E-state index contributed by atoms with van der Waals surface area (Å²) in [4.78, 5) is 0. The molecule has 0 bridgehead atoms. The lowest BCUT2D eigenvalue weighted by atomic mass is 9.85. The minimum absolute atomic E-state index is 0.0340. The first-order valence-electron chi connectivity index (χ1n) is 6.50. The molecule has 2 atom stereocenters. The third kappa shape index (κ3) is 3.42. The summed E-state index contributed by atoms with van der Waals surface area (Å²) in [6, 6.07) is 0. The topological polar surface area (TPSA) is 55.4 Å². The Morgan fingerprint density at radius 3 is 2.82 bits per heavy atom. The van der Waals surface area contributed by atoms with Crippen molar-refractivity contribution in [3.8, 4) is 0 Å². The van der Waals surface area contributed by atoms with E-state index < -0.39 is 9.84 Å². The van der Waals surface area contributed by atoms with E-state index in [1.165, 1.54) is 6.42 Å². The van der Waals surface area contributed by atoms with Gasteiger partial charge in [-0.2, -0.15) is 0 Å². The fourth-order valence-corrected chi connectivity index (χ4v) is 5.11. The van der Waals surface area contributed by atoms with Crippen molar-refractivity contribution in [1.29, 1.82) is 0 Å². The number of hydrogen-bond acceptors (Lipinski definition) is 4. The average molecular weight is 261 g/mol. The Hall–Kier alpha value is -0.130. The van der Waals surface area contributed by atoms with Crippen molar-refractivity contribution in [2.45, 2.75) is 37.6 Å². The van der Waals surface area contributed by atoms with Crippen LogP contribution in [0.2, 0.25) is 0 Å². The molecule has 5 heteroatoms. The van der Waals surface area contributed by atoms with Gasteiger partial charge in [0.25, 0.3) is 0 Å². The lowest BCUT2D eigenvalue weighted by Gasteiger charge is -2.34. The van der Waals surface area contributed by atoms with Gasteiger partial charge in [0.15, 0.2) is 9.84 Å². The molecule has 2 heterocycles. The maximum atomic E-state index is 11.6. The average Bonchev–Trinajstić information content (AvgIpc) is 2.65. The molecule has 1 N–H and O–H groups in total. The van der Waals surface area contributed by atoms with Gasteiger partial charge in [0.1, 0.15) is 0 Å². The molecular formula is C12H23NO3S. The highest BCUT2D eigenvalue weighted by atomic mass is 32.2. The van der Waals surface area contributed by atoms with Crippen molar-refractivity contribution in [3.05, 3.63) is 0 Å². The number of nitrogens with one attached hydrogen (secondary N) is 1. The zero-order chi connectivity index (χ0) is 12.4. The van der Waals surface area contributed by atoms with Crippen LogP contribution in [0, 0.1) is 5.92 Å². The molecule has 0 aromatic heterocycles. The van der Waals surface area contributed by atoms with Crippen LogP contribution in [0.3, 0.4) is 0 Å². The van der Waals surface area contributed by atoms with Crippen LogP contribution < -0.4 is 5.32 Å². The van der Waals surface area contributed by atoms with Gasteiger partial charge in [-0.25, -0.2) is 8.42 Å². The first-order valence-corrected chi connectivity index (χ1v) is 8.32. The normalized spacial score (nSPS) is 37.1. The third-order valence-electron chi connectivity index (χ3n) is 3.99. The molecule has 0 aliphatic carbocycles. The second-order valence-corrected chi connectivity index (χ2v) is 7.80. The van der Waals surface area contributed by atoms with E-state index in [1.807, 2.05) is 0 Å². The Kier molecular flexibility index (Phi) is 4.10. The summed E-state index contributed by atoms with van der Waals surface area (Å²) in [5.41, 5.74) is 0.0340. The molecule has 0 aromatic carbocycles. The summed E-state index contributed by atoms with van der Waals surface area (Å²) in [5.74, 6) is 1.07. The molecular weight excluding hydrogens is 238 g/mol. The van der Waals surface area contributed by atoms with Crippen molar-refractivity contribution in [2.24, 2.45) is 5.92 Å². The maximum Gasteiger partial charge on any atom is 0.150 e. The molecule has 100 valence electrons. The summed E-state index contributed by atoms with van der Waals surface area (Å²) in [5, 5.41) is 3.53. The van der Waals surface area contributed by atoms with Crippen LogP contribution in [0.5, 0.6) is 0 Å². The third-order valence-corrected chi connectivity index (χ3v) is 5.88. The van der Waals surface area contributed by atoms with Gasteiger partial charge in [0.2, 0.25) is 0 Å². The van der Waals surface area contributed by atoms with Gasteiger partial charge in [-0.15, -0.1) is 0 Å². The van der Waals surface area contributed by atoms with Crippen LogP contribution in [0.15, 0.2) is 0 Å². The molecule has 2 fully saturated rings. The first kappa shape index (κ1) is 13.3. The summed E-state index contributed by atoms with van der Waals surface area (Å²) < 4.78 is 28.6. The quantitative estimate of drug-likeness (QED) is 0.819. The van der Waals surface area contributed by atoms with E-state index in [9.17, 15) is 8.42 Å². The van der Waals surface area contributed by atoms with E-state index in [0.717, 1.165) is 32.2 Å². The highest BCUT2D eigenvalue weighted by molar-refractivity contribution is 7.91. The Morgan fingerprint density at radius 2 is 2.24 bits per heavy atom. The van der Waals surface area contributed by atoms with Gasteiger partial charge >= 0.3 is 0 Å². The fourth-order valence-electron chi connectivity index (χ4n) is 3.33. The summed E-state index contributed by atoms with van der Waals surface area (Å²) in [6.45, 7) is 1.73. The molecule has 0 radical (unpaired) electrons. The van der Waals surface area contributed by atoms with Crippen LogP contribution in [0.25, 0.3) is 0 Å². The largest absolute Gasteiger partial charge is 0.383 e. The van der Waals surface area contributed by atoms with Crippen LogP contribution in [-0.2, 0) is 14.6 Å². The van der Waals surface area contributed by atoms with Crippen molar-refractivity contribution in [3.63, 3.8) is 0 Å². The highest BCUT2D eigenvalue weighted by Crippen LogP contribution is 2.32. The Labute approximate surface area is 104 Å². The Morgan fingerprint density at radius 1 is 1.41 bits per heavy atom. The number of methoxy groups -OCH3 is 1. The van der Waals surface area contributed by atoms with E-state index >= 15 is 0 Å². The maximum absolute atomic E-state index is 11.6. The summed E-state index contributed by atoms with van der Waals surface area (Å²) in [7, 11) is -1.06. The van der Waals surface area contributed by atoms with E-state index in [1.54, 1.807) is 7.11 Å². The molecule has 0 spiro atoms. The zero-order valence-corrected chi connectivity index (χ0v) is 11.4. The van der Waals surface area contributed by atoms with Crippen LogP contribution in [0.4, 0.5) is 0 Å². The molecule has 4 nitrogen and oxygen atoms in total. The molecule has 2 aliphatic heterocycles. The van der Waals surface area contributed by atoms with E-state index in [2.05, 4.69) is 5.32 Å². The highest BCUT2D eigenvalue weighted by Gasteiger charge is 2.38. The van der Waals surface area contributed by atoms with Gasteiger partial charge in [-0.1, -0.05) is 0 Å². The molecule has 2 saturated heterocycles. The lowest BCUT2D eigenvalue weighted by Crippen LogP contribution is -2.47. The predicted molar refractivity (Wildman–Crippen MR) is 67.8 cm³/mol. The van der Waals surface area contributed by atoms with Crippen molar-refractivity contribution in [2.75, 3.05) is 31.8 Å². The smallest absolute Gasteiger partial charge is 0.150 e. The van der Waals surface area contributed by atoms with E-state index in [0.29, 0.717) is 24.0 Å². The summed E-state index contributed by atoms with van der Waals surface area (Å²) in [6.07, 6.45) is 5.10. The predicted octanol–water partition coefficient (Wildman–Crippen LogP) is 0.970. The van der Waals surface area contributed by atoms with Gasteiger partial charge in [0, 0.05) is 12.6 Å². The number of sulfone groups is 1. The Bertz CT molecular complexity index is 347. The lowest BCUT2D eigenvalue weighted by molar-refractivity contribution is 0.103. The minimum atomic E-state index is -2.78. The molecule has 2 unspecified atom stereocenters. The fraction of sp³-hybridized carbons (Fsp3) is 1.00. The second kappa shape index (κ2) is 5.24. The van der Waals surface area contributed by atoms with Crippen molar-refractivity contribution >= 4 is 9.84 Å². The SMILES string of the molecule is COCC1(CC2CCCS(=O)(=O)C2)CCCN1. The number of ether oxygens (including phenoxy) is 1. The molecule has 2 rings (SSSR count).